The highest BCUT2D eigenvalue weighted by Gasteiger charge is 2.14. The van der Waals surface area contributed by atoms with Crippen molar-refractivity contribution in [3.63, 3.8) is 0 Å². The summed E-state index contributed by atoms with van der Waals surface area (Å²) in [6.45, 7) is 4.35. The van der Waals surface area contributed by atoms with Gasteiger partial charge >= 0.3 is 0 Å². The first-order valence-electron chi connectivity index (χ1n) is 6.52. The number of nitrogen functional groups attached to an aromatic ring is 1. The molecule has 1 saturated heterocycles. The molecule has 3 N–H and O–H groups in total. The molecule has 2 heterocycles. The molecule has 2 aromatic rings. The lowest BCUT2D eigenvalue weighted by Gasteiger charge is -2.27. The molecule has 0 atom stereocenters. The fraction of sp³-hybridized carbons (Fsp3) is 0.357. The lowest BCUT2D eigenvalue weighted by Crippen LogP contribution is -2.36. The summed E-state index contributed by atoms with van der Waals surface area (Å²) in [6.07, 6.45) is 0. The second-order valence-corrected chi connectivity index (χ2v) is 4.72. The van der Waals surface area contributed by atoms with Crippen molar-refractivity contribution in [3.05, 3.63) is 35.9 Å². The van der Waals surface area contributed by atoms with Crippen LogP contribution in [0.1, 0.15) is 5.56 Å². The number of fused-ring (bicyclic) bond motifs is 1. The highest BCUT2D eigenvalue weighted by Crippen LogP contribution is 2.21. The fourth-order valence-corrected chi connectivity index (χ4v) is 2.41. The molecular weight excluding hydrogens is 240 g/mol. The van der Waals surface area contributed by atoms with Crippen molar-refractivity contribution in [2.75, 3.05) is 31.7 Å². The number of pyridine rings is 1. The molecule has 0 saturated carbocycles. The summed E-state index contributed by atoms with van der Waals surface area (Å²) < 4.78 is 5.37. The van der Waals surface area contributed by atoms with Crippen LogP contribution in [-0.4, -0.2) is 36.2 Å². The number of morpholine rings is 1. The van der Waals surface area contributed by atoms with Crippen molar-refractivity contribution in [2.24, 2.45) is 5.84 Å². The Hall–Kier alpha value is -1.69. The van der Waals surface area contributed by atoms with E-state index < -0.39 is 0 Å². The van der Waals surface area contributed by atoms with Crippen molar-refractivity contribution in [3.8, 4) is 0 Å². The van der Waals surface area contributed by atoms with E-state index in [1.807, 2.05) is 18.2 Å². The largest absolute Gasteiger partial charge is 0.379 e. The highest BCUT2D eigenvalue weighted by molar-refractivity contribution is 5.81. The fourth-order valence-electron chi connectivity index (χ4n) is 2.41. The van der Waals surface area contributed by atoms with E-state index in [9.17, 15) is 0 Å². The highest BCUT2D eigenvalue weighted by atomic mass is 16.5. The zero-order valence-corrected chi connectivity index (χ0v) is 10.8. The van der Waals surface area contributed by atoms with Gasteiger partial charge < -0.3 is 10.2 Å². The second-order valence-electron chi connectivity index (χ2n) is 4.72. The molecule has 0 aliphatic carbocycles. The number of hydrazine groups is 1. The number of anilines is 1. The Labute approximate surface area is 112 Å². The molecule has 0 spiro atoms. The van der Waals surface area contributed by atoms with E-state index in [0.29, 0.717) is 0 Å². The number of nitrogens with two attached hydrogens (primary N) is 1. The van der Waals surface area contributed by atoms with E-state index in [2.05, 4.69) is 27.4 Å². The number of nitrogens with zero attached hydrogens (tertiary/aromatic N) is 2. The number of aromatic nitrogens is 1. The number of para-hydroxylation sites is 1. The minimum absolute atomic E-state index is 0.755. The zero-order chi connectivity index (χ0) is 13.1. The Balaban J connectivity index is 1.91. The topological polar surface area (TPSA) is 63.4 Å². The number of nitrogens with one attached hydrogen (secondary N) is 1. The maximum Gasteiger partial charge on any atom is 0.145 e. The predicted molar refractivity (Wildman–Crippen MR) is 75.6 cm³/mol. The first kappa shape index (κ1) is 12.3. The van der Waals surface area contributed by atoms with E-state index in [1.165, 1.54) is 0 Å². The molecule has 1 aromatic carbocycles. The maximum absolute atomic E-state index is 5.59. The number of hydrogen-bond acceptors (Lipinski definition) is 5. The maximum atomic E-state index is 5.59. The van der Waals surface area contributed by atoms with Gasteiger partial charge in [-0.05, 0) is 12.1 Å². The van der Waals surface area contributed by atoms with E-state index in [0.717, 1.165) is 55.1 Å². The number of hydrogen-bond donors (Lipinski definition) is 2. The molecule has 3 rings (SSSR count). The molecule has 0 amide bonds. The molecule has 1 aliphatic rings. The van der Waals surface area contributed by atoms with Gasteiger partial charge in [-0.3, -0.25) is 4.90 Å². The standard InChI is InChI=1S/C14H18N4O/c15-17-14-12(10-18-5-7-19-8-6-18)9-11-3-1-2-4-13(11)16-14/h1-4,9H,5-8,10,15H2,(H,16,17). The number of ether oxygens (including phenoxy) is 1. The van der Waals surface area contributed by atoms with Crippen LogP contribution >= 0.6 is 0 Å². The molecule has 19 heavy (non-hydrogen) atoms. The first-order valence-corrected chi connectivity index (χ1v) is 6.52. The monoisotopic (exact) mass is 258 g/mol. The van der Waals surface area contributed by atoms with Crippen LogP contribution in [0.15, 0.2) is 30.3 Å². The Morgan fingerprint density at radius 2 is 2.05 bits per heavy atom. The van der Waals surface area contributed by atoms with Gasteiger partial charge in [0.1, 0.15) is 5.82 Å². The average Bonchev–Trinajstić information content (AvgIpc) is 2.47. The number of benzene rings is 1. The predicted octanol–water partition coefficient (Wildman–Crippen LogP) is 1.35. The summed E-state index contributed by atoms with van der Waals surface area (Å²) >= 11 is 0. The molecule has 1 aliphatic heterocycles. The lowest BCUT2D eigenvalue weighted by atomic mass is 10.1. The van der Waals surface area contributed by atoms with Gasteiger partial charge in [0, 0.05) is 30.6 Å². The third kappa shape index (κ3) is 2.68. The smallest absolute Gasteiger partial charge is 0.145 e. The summed E-state index contributed by atoms with van der Waals surface area (Å²) in [7, 11) is 0. The average molecular weight is 258 g/mol. The zero-order valence-electron chi connectivity index (χ0n) is 10.8. The van der Waals surface area contributed by atoms with Gasteiger partial charge in [0.25, 0.3) is 0 Å². The van der Waals surface area contributed by atoms with Crippen molar-refractivity contribution >= 4 is 16.7 Å². The Morgan fingerprint density at radius 3 is 2.84 bits per heavy atom. The van der Waals surface area contributed by atoms with Crippen molar-refractivity contribution in [1.29, 1.82) is 0 Å². The van der Waals surface area contributed by atoms with Crippen LogP contribution in [0.3, 0.4) is 0 Å². The summed E-state index contributed by atoms with van der Waals surface area (Å²) in [5.41, 5.74) is 4.80. The van der Waals surface area contributed by atoms with E-state index >= 15 is 0 Å². The van der Waals surface area contributed by atoms with Gasteiger partial charge in [0.05, 0.1) is 18.7 Å². The quantitative estimate of drug-likeness (QED) is 0.643. The summed E-state index contributed by atoms with van der Waals surface area (Å²) in [4.78, 5) is 6.92. The Bertz CT molecular complexity index is 566. The van der Waals surface area contributed by atoms with E-state index in [4.69, 9.17) is 10.6 Å². The van der Waals surface area contributed by atoms with E-state index in [1.54, 1.807) is 0 Å². The van der Waals surface area contributed by atoms with Crippen molar-refractivity contribution < 1.29 is 4.74 Å². The normalized spacial score (nSPS) is 16.7. The summed E-state index contributed by atoms with van der Waals surface area (Å²) in [5, 5.41) is 1.14. The van der Waals surface area contributed by atoms with Gasteiger partial charge in [-0.25, -0.2) is 10.8 Å². The first-order chi connectivity index (χ1) is 9.36. The molecule has 1 fully saturated rings. The third-order valence-corrected chi connectivity index (χ3v) is 3.44. The van der Waals surface area contributed by atoms with Crippen LogP contribution in [0.2, 0.25) is 0 Å². The van der Waals surface area contributed by atoms with Crippen LogP contribution in [-0.2, 0) is 11.3 Å². The number of rotatable bonds is 3. The summed E-state index contributed by atoms with van der Waals surface area (Å²) in [6, 6.07) is 10.2. The van der Waals surface area contributed by atoms with Gasteiger partial charge in [-0.1, -0.05) is 18.2 Å². The second kappa shape index (κ2) is 5.52. The van der Waals surface area contributed by atoms with Crippen LogP contribution in [0.5, 0.6) is 0 Å². The Kier molecular flexibility index (Phi) is 3.59. The lowest BCUT2D eigenvalue weighted by molar-refractivity contribution is 0.0342. The van der Waals surface area contributed by atoms with Gasteiger partial charge in [0.2, 0.25) is 0 Å². The molecule has 0 unspecified atom stereocenters. The van der Waals surface area contributed by atoms with Gasteiger partial charge in [-0.2, -0.15) is 0 Å². The van der Waals surface area contributed by atoms with Crippen LogP contribution < -0.4 is 11.3 Å². The molecule has 100 valence electrons. The van der Waals surface area contributed by atoms with E-state index in [-0.39, 0.29) is 0 Å². The molecule has 0 bridgehead atoms. The van der Waals surface area contributed by atoms with Crippen molar-refractivity contribution in [1.82, 2.24) is 9.88 Å². The molecule has 5 nitrogen and oxygen atoms in total. The summed E-state index contributed by atoms with van der Waals surface area (Å²) in [5.74, 6) is 6.35. The molecule has 1 aromatic heterocycles. The van der Waals surface area contributed by atoms with Crippen molar-refractivity contribution in [2.45, 2.75) is 6.54 Å². The van der Waals surface area contributed by atoms with Crippen LogP contribution in [0.4, 0.5) is 5.82 Å². The SMILES string of the molecule is NNc1nc2ccccc2cc1CN1CCOCC1. The van der Waals surface area contributed by atoms with Gasteiger partial charge in [0.15, 0.2) is 0 Å². The van der Waals surface area contributed by atoms with Gasteiger partial charge in [-0.15, -0.1) is 0 Å². The molecular formula is C14H18N4O. The minimum atomic E-state index is 0.755. The third-order valence-electron chi connectivity index (χ3n) is 3.44. The van der Waals surface area contributed by atoms with Crippen LogP contribution in [0.25, 0.3) is 10.9 Å². The Morgan fingerprint density at radius 1 is 1.26 bits per heavy atom. The minimum Gasteiger partial charge on any atom is -0.379 e. The van der Waals surface area contributed by atoms with Crippen LogP contribution in [0, 0.1) is 0 Å². The molecule has 0 radical (unpaired) electrons. The molecule has 5 heteroatoms.